The molecule has 0 saturated heterocycles. The summed E-state index contributed by atoms with van der Waals surface area (Å²) >= 11 is 0. The molecule has 0 aliphatic rings. The van der Waals surface area contributed by atoms with Gasteiger partial charge in [0.25, 0.3) is 0 Å². The number of rotatable bonds is 1. The molecule has 1 N–H and O–H groups in total. The number of carbonyl (C=O) groups is 1. The van der Waals surface area contributed by atoms with E-state index < -0.39 is 0 Å². The van der Waals surface area contributed by atoms with E-state index in [9.17, 15) is 4.79 Å². The normalized spacial score (nSPS) is 12.4. The van der Waals surface area contributed by atoms with Crippen LogP contribution < -0.4 is 5.32 Å². The van der Waals surface area contributed by atoms with E-state index in [0.717, 1.165) is 5.69 Å². The SMILES string of the molecule is CC(C)(C)C(=O)Nc1cccc(C(C)(C)C)c1. The lowest BCUT2D eigenvalue weighted by Gasteiger charge is -2.21. The predicted molar refractivity (Wildman–Crippen MR) is 73.2 cm³/mol. The molecule has 1 aromatic rings. The molecule has 0 aliphatic heterocycles. The largest absolute Gasteiger partial charge is 0.326 e. The molecule has 2 heteroatoms. The van der Waals surface area contributed by atoms with Crippen molar-refractivity contribution in [1.82, 2.24) is 0 Å². The molecule has 0 heterocycles. The van der Waals surface area contributed by atoms with Gasteiger partial charge >= 0.3 is 0 Å². The van der Waals surface area contributed by atoms with Crippen molar-refractivity contribution in [1.29, 1.82) is 0 Å². The summed E-state index contributed by atoms with van der Waals surface area (Å²) in [5.41, 5.74) is 1.83. The summed E-state index contributed by atoms with van der Waals surface area (Å²) in [6.45, 7) is 12.2. The topological polar surface area (TPSA) is 29.1 Å². The minimum absolute atomic E-state index is 0.0450. The molecule has 1 aromatic carbocycles. The molecule has 2 nitrogen and oxygen atoms in total. The number of hydrogen-bond acceptors (Lipinski definition) is 1. The molecule has 1 amide bonds. The van der Waals surface area contributed by atoms with Crippen molar-refractivity contribution in [3.63, 3.8) is 0 Å². The molecule has 0 aliphatic carbocycles. The minimum Gasteiger partial charge on any atom is -0.326 e. The fourth-order valence-electron chi connectivity index (χ4n) is 1.38. The van der Waals surface area contributed by atoms with Gasteiger partial charge in [0.05, 0.1) is 0 Å². The van der Waals surface area contributed by atoms with Crippen molar-refractivity contribution in [3.8, 4) is 0 Å². The number of hydrogen-bond donors (Lipinski definition) is 1. The molecule has 0 saturated carbocycles. The lowest BCUT2D eigenvalue weighted by atomic mass is 9.87. The Morgan fingerprint density at radius 2 is 1.65 bits per heavy atom. The second-order valence-electron chi connectivity index (χ2n) is 6.53. The van der Waals surface area contributed by atoms with Crippen LogP contribution in [0.25, 0.3) is 0 Å². The van der Waals surface area contributed by atoms with Crippen LogP contribution >= 0.6 is 0 Å². The molecule has 0 fully saturated rings. The van der Waals surface area contributed by atoms with Crippen LogP contribution in [0.5, 0.6) is 0 Å². The average molecular weight is 233 g/mol. The van der Waals surface area contributed by atoms with E-state index in [1.807, 2.05) is 39.0 Å². The van der Waals surface area contributed by atoms with Crippen molar-refractivity contribution in [2.24, 2.45) is 5.41 Å². The maximum absolute atomic E-state index is 11.9. The quantitative estimate of drug-likeness (QED) is 0.781. The van der Waals surface area contributed by atoms with E-state index in [2.05, 4.69) is 32.2 Å². The molecule has 0 bridgehead atoms. The molecule has 1 rings (SSSR count). The first-order valence-corrected chi connectivity index (χ1v) is 6.03. The van der Waals surface area contributed by atoms with Gasteiger partial charge in [-0.25, -0.2) is 0 Å². The zero-order valence-electron chi connectivity index (χ0n) is 11.7. The lowest BCUT2D eigenvalue weighted by Crippen LogP contribution is -2.27. The molecule has 0 unspecified atom stereocenters. The molecule has 0 aromatic heterocycles. The smallest absolute Gasteiger partial charge is 0.229 e. The van der Waals surface area contributed by atoms with Gasteiger partial charge in [0.2, 0.25) is 5.91 Å². The van der Waals surface area contributed by atoms with Crippen LogP contribution in [-0.2, 0) is 10.2 Å². The Bertz CT molecular complexity index is 408. The van der Waals surface area contributed by atoms with Crippen LogP contribution in [-0.4, -0.2) is 5.91 Å². The second kappa shape index (κ2) is 4.52. The number of benzene rings is 1. The zero-order valence-corrected chi connectivity index (χ0v) is 11.7. The monoisotopic (exact) mass is 233 g/mol. The van der Waals surface area contributed by atoms with Crippen molar-refractivity contribution in [2.75, 3.05) is 5.32 Å². The Morgan fingerprint density at radius 3 is 2.12 bits per heavy atom. The molecular formula is C15H23NO. The van der Waals surface area contributed by atoms with Crippen molar-refractivity contribution in [2.45, 2.75) is 47.0 Å². The molecule has 94 valence electrons. The summed E-state index contributed by atoms with van der Waals surface area (Å²) in [6.07, 6.45) is 0. The van der Waals surface area contributed by atoms with Crippen LogP contribution in [0.4, 0.5) is 5.69 Å². The van der Waals surface area contributed by atoms with Crippen molar-refractivity contribution >= 4 is 11.6 Å². The third-order valence-corrected chi connectivity index (χ3v) is 2.67. The van der Waals surface area contributed by atoms with E-state index in [-0.39, 0.29) is 16.7 Å². The highest BCUT2D eigenvalue weighted by atomic mass is 16.2. The molecule has 17 heavy (non-hydrogen) atoms. The molecular weight excluding hydrogens is 210 g/mol. The van der Waals surface area contributed by atoms with Crippen LogP contribution in [0.15, 0.2) is 24.3 Å². The van der Waals surface area contributed by atoms with Crippen LogP contribution in [0.2, 0.25) is 0 Å². The standard InChI is InChI=1S/C15H23NO/c1-14(2,3)11-8-7-9-12(10-11)16-13(17)15(4,5)6/h7-10H,1-6H3,(H,16,17). The summed E-state index contributed by atoms with van der Waals surface area (Å²) in [6, 6.07) is 8.05. The Morgan fingerprint density at radius 1 is 1.06 bits per heavy atom. The van der Waals surface area contributed by atoms with Gasteiger partial charge in [-0.2, -0.15) is 0 Å². The lowest BCUT2D eigenvalue weighted by molar-refractivity contribution is -0.123. The van der Waals surface area contributed by atoms with Crippen molar-refractivity contribution < 1.29 is 4.79 Å². The average Bonchev–Trinajstić information content (AvgIpc) is 2.15. The van der Waals surface area contributed by atoms with Crippen LogP contribution in [0.1, 0.15) is 47.1 Å². The van der Waals surface area contributed by atoms with Crippen LogP contribution in [0, 0.1) is 5.41 Å². The first-order chi connectivity index (χ1) is 7.60. The van der Waals surface area contributed by atoms with Gasteiger partial charge in [-0.05, 0) is 23.1 Å². The van der Waals surface area contributed by atoms with Gasteiger partial charge in [0.15, 0.2) is 0 Å². The fourth-order valence-corrected chi connectivity index (χ4v) is 1.38. The highest BCUT2D eigenvalue weighted by Gasteiger charge is 2.21. The Kier molecular flexibility index (Phi) is 3.65. The Labute approximate surface area is 104 Å². The van der Waals surface area contributed by atoms with E-state index in [1.165, 1.54) is 5.56 Å². The zero-order chi connectivity index (χ0) is 13.3. The van der Waals surface area contributed by atoms with Gasteiger partial charge in [0, 0.05) is 11.1 Å². The van der Waals surface area contributed by atoms with Crippen LogP contribution in [0.3, 0.4) is 0 Å². The number of anilines is 1. The molecule has 0 spiro atoms. The maximum Gasteiger partial charge on any atom is 0.229 e. The number of carbonyl (C=O) groups excluding carboxylic acids is 1. The Balaban J connectivity index is 2.91. The second-order valence-corrected chi connectivity index (χ2v) is 6.53. The Hall–Kier alpha value is -1.31. The highest BCUT2D eigenvalue weighted by Crippen LogP contribution is 2.25. The summed E-state index contributed by atoms with van der Waals surface area (Å²) in [5, 5.41) is 2.96. The molecule has 0 atom stereocenters. The van der Waals surface area contributed by atoms with Gasteiger partial charge in [0.1, 0.15) is 0 Å². The number of amides is 1. The van der Waals surface area contributed by atoms with E-state index in [4.69, 9.17) is 0 Å². The van der Waals surface area contributed by atoms with E-state index in [0.29, 0.717) is 0 Å². The first kappa shape index (κ1) is 13.8. The van der Waals surface area contributed by atoms with Crippen molar-refractivity contribution in [3.05, 3.63) is 29.8 Å². The summed E-state index contributed by atoms with van der Waals surface area (Å²) in [5.74, 6) is 0.0450. The van der Waals surface area contributed by atoms with E-state index >= 15 is 0 Å². The third-order valence-electron chi connectivity index (χ3n) is 2.67. The van der Waals surface area contributed by atoms with Gasteiger partial charge in [-0.1, -0.05) is 53.7 Å². The predicted octanol–water partition coefficient (Wildman–Crippen LogP) is 3.97. The minimum atomic E-state index is -0.363. The first-order valence-electron chi connectivity index (χ1n) is 6.03. The third kappa shape index (κ3) is 3.88. The summed E-state index contributed by atoms with van der Waals surface area (Å²) < 4.78 is 0. The summed E-state index contributed by atoms with van der Waals surface area (Å²) in [7, 11) is 0. The van der Waals surface area contributed by atoms with E-state index in [1.54, 1.807) is 0 Å². The van der Waals surface area contributed by atoms with Gasteiger partial charge in [-0.15, -0.1) is 0 Å². The highest BCUT2D eigenvalue weighted by molar-refractivity contribution is 5.94. The fraction of sp³-hybridized carbons (Fsp3) is 0.533. The summed E-state index contributed by atoms with van der Waals surface area (Å²) in [4.78, 5) is 11.9. The van der Waals surface area contributed by atoms with Gasteiger partial charge < -0.3 is 5.32 Å². The number of nitrogens with one attached hydrogen (secondary N) is 1. The maximum atomic E-state index is 11.9. The van der Waals surface area contributed by atoms with Gasteiger partial charge in [-0.3, -0.25) is 4.79 Å². The molecule has 0 radical (unpaired) electrons.